The first-order chi connectivity index (χ1) is 13.7. The van der Waals surface area contributed by atoms with Gasteiger partial charge in [-0.1, -0.05) is 42.5 Å². The van der Waals surface area contributed by atoms with Crippen LogP contribution in [0.4, 0.5) is 15.8 Å². The molecule has 4 aromatic rings. The summed E-state index contributed by atoms with van der Waals surface area (Å²) in [6, 6.07) is 21.6. The van der Waals surface area contributed by atoms with Gasteiger partial charge < -0.3 is 15.6 Å². The van der Waals surface area contributed by atoms with E-state index in [1.165, 1.54) is 11.5 Å². The molecule has 4 rings (SSSR count). The minimum Gasteiger partial charge on any atom is -0.361 e. The van der Waals surface area contributed by atoms with Crippen molar-refractivity contribution in [3.8, 4) is 0 Å². The Hall–Kier alpha value is -3.60. The molecule has 3 N–H and O–H groups in total. The Labute approximate surface area is 162 Å². The number of amides is 1. The van der Waals surface area contributed by atoms with Crippen molar-refractivity contribution >= 4 is 28.2 Å². The summed E-state index contributed by atoms with van der Waals surface area (Å²) < 4.78 is 13.9. The van der Waals surface area contributed by atoms with E-state index >= 15 is 0 Å². The van der Waals surface area contributed by atoms with Gasteiger partial charge in [0.2, 0.25) is 0 Å². The maximum absolute atomic E-state index is 13.9. The summed E-state index contributed by atoms with van der Waals surface area (Å²) in [5.74, 6) is -0.559. The van der Waals surface area contributed by atoms with E-state index in [-0.39, 0.29) is 11.7 Å². The topological polar surface area (TPSA) is 56.9 Å². The molecule has 0 aliphatic rings. The van der Waals surface area contributed by atoms with Crippen LogP contribution in [0.5, 0.6) is 0 Å². The first-order valence-corrected chi connectivity index (χ1v) is 9.16. The molecule has 0 spiro atoms. The molecule has 1 amide bonds. The standard InChI is InChI=1S/C23H20FN3O/c24-19-9-3-6-12-22(19)27-21-11-5-2-8-18(21)23(28)25-14-13-16-15-26-20-10-4-1-7-17(16)20/h1-12,15,26-27H,13-14H2,(H,25,28). The van der Waals surface area contributed by atoms with Crippen LogP contribution in [0.1, 0.15) is 15.9 Å². The van der Waals surface area contributed by atoms with Crippen molar-refractivity contribution < 1.29 is 9.18 Å². The second-order valence-electron chi connectivity index (χ2n) is 6.52. The Morgan fingerprint density at radius 3 is 2.46 bits per heavy atom. The Balaban J connectivity index is 1.44. The monoisotopic (exact) mass is 373 g/mol. The molecule has 28 heavy (non-hydrogen) atoms. The molecule has 0 fully saturated rings. The number of rotatable bonds is 6. The predicted octanol–water partition coefficient (Wildman–Crippen LogP) is 5.02. The lowest BCUT2D eigenvalue weighted by Crippen LogP contribution is -2.26. The van der Waals surface area contributed by atoms with Gasteiger partial charge in [-0.25, -0.2) is 4.39 Å². The fourth-order valence-corrected chi connectivity index (χ4v) is 3.24. The minimum absolute atomic E-state index is 0.195. The fourth-order valence-electron chi connectivity index (χ4n) is 3.24. The average molecular weight is 373 g/mol. The van der Waals surface area contributed by atoms with E-state index < -0.39 is 0 Å². The lowest BCUT2D eigenvalue weighted by atomic mass is 10.1. The summed E-state index contributed by atoms with van der Waals surface area (Å²) in [5.41, 5.74) is 3.63. The number of hydrogen-bond acceptors (Lipinski definition) is 2. The summed E-state index contributed by atoms with van der Waals surface area (Å²) in [6.07, 6.45) is 2.70. The number of fused-ring (bicyclic) bond motifs is 1. The van der Waals surface area contributed by atoms with E-state index in [9.17, 15) is 9.18 Å². The molecule has 3 aromatic carbocycles. The number of hydrogen-bond donors (Lipinski definition) is 3. The van der Waals surface area contributed by atoms with E-state index in [4.69, 9.17) is 0 Å². The van der Waals surface area contributed by atoms with E-state index in [1.54, 1.807) is 36.4 Å². The van der Waals surface area contributed by atoms with Gasteiger partial charge in [-0.2, -0.15) is 0 Å². The number of aromatic amines is 1. The zero-order valence-electron chi connectivity index (χ0n) is 15.2. The number of anilines is 2. The van der Waals surface area contributed by atoms with Gasteiger partial charge in [0.05, 0.1) is 16.9 Å². The highest BCUT2D eigenvalue weighted by molar-refractivity contribution is 6.00. The maximum Gasteiger partial charge on any atom is 0.253 e. The van der Waals surface area contributed by atoms with Gasteiger partial charge >= 0.3 is 0 Å². The van der Waals surface area contributed by atoms with Gasteiger partial charge in [0.25, 0.3) is 5.91 Å². The van der Waals surface area contributed by atoms with Gasteiger partial charge in [-0.15, -0.1) is 0 Å². The third-order valence-electron chi connectivity index (χ3n) is 4.67. The average Bonchev–Trinajstić information content (AvgIpc) is 3.13. The van der Waals surface area contributed by atoms with Crippen LogP contribution in [-0.4, -0.2) is 17.4 Å². The van der Waals surface area contributed by atoms with Crippen LogP contribution in [0, 0.1) is 5.82 Å². The highest BCUT2D eigenvalue weighted by Crippen LogP contribution is 2.23. The summed E-state index contributed by atoms with van der Waals surface area (Å²) in [6.45, 7) is 0.509. The molecular formula is C23H20FN3O. The number of para-hydroxylation sites is 3. The smallest absolute Gasteiger partial charge is 0.253 e. The molecule has 0 unspecified atom stereocenters. The summed E-state index contributed by atoms with van der Waals surface area (Å²) in [7, 11) is 0. The molecular weight excluding hydrogens is 353 g/mol. The predicted molar refractivity (Wildman–Crippen MR) is 110 cm³/mol. The van der Waals surface area contributed by atoms with Crippen molar-refractivity contribution in [3.63, 3.8) is 0 Å². The number of H-pyrrole nitrogens is 1. The molecule has 0 bridgehead atoms. The zero-order valence-corrected chi connectivity index (χ0v) is 15.2. The quantitative estimate of drug-likeness (QED) is 0.444. The normalized spacial score (nSPS) is 10.8. The van der Waals surface area contributed by atoms with Crippen LogP contribution < -0.4 is 10.6 Å². The van der Waals surface area contributed by atoms with Gasteiger partial charge in [-0.05, 0) is 42.3 Å². The molecule has 0 saturated carbocycles. The Bertz CT molecular complexity index is 1120. The summed E-state index contributed by atoms with van der Waals surface area (Å²) in [5, 5.41) is 7.13. The molecule has 5 heteroatoms. The molecule has 4 nitrogen and oxygen atoms in total. The highest BCUT2D eigenvalue weighted by atomic mass is 19.1. The summed E-state index contributed by atoms with van der Waals surface area (Å²) >= 11 is 0. The highest BCUT2D eigenvalue weighted by Gasteiger charge is 2.12. The number of halogens is 1. The van der Waals surface area contributed by atoms with E-state index in [0.29, 0.717) is 23.5 Å². The molecule has 0 atom stereocenters. The Morgan fingerprint density at radius 1 is 0.893 bits per heavy atom. The van der Waals surface area contributed by atoms with Gasteiger partial charge in [0.1, 0.15) is 5.82 Å². The van der Waals surface area contributed by atoms with Gasteiger partial charge in [0.15, 0.2) is 0 Å². The van der Waals surface area contributed by atoms with Crippen molar-refractivity contribution in [1.29, 1.82) is 0 Å². The van der Waals surface area contributed by atoms with E-state index in [2.05, 4.69) is 21.7 Å². The first kappa shape index (κ1) is 17.8. The van der Waals surface area contributed by atoms with Crippen LogP contribution >= 0.6 is 0 Å². The Kier molecular flexibility index (Phi) is 5.06. The molecule has 140 valence electrons. The SMILES string of the molecule is O=C(NCCc1c[nH]c2ccccc12)c1ccccc1Nc1ccccc1F. The maximum atomic E-state index is 13.9. The zero-order chi connectivity index (χ0) is 19.3. The molecule has 0 saturated heterocycles. The molecule has 0 aliphatic heterocycles. The third-order valence-corrected chi connectivity index (χ3v) is 4.67. The van der Waals surface area contributed by atoms with Crippen molar-refractivity contribution in [2.24, 2.45) is 0 Å². The van der Waals surface area contributed by atoms with Crippen LogP contribution in [0.15, 0.2) is 79.0 Å². The molecule has 0 radical (unpaired) electrons. The lowest BCUT2D eigenvalue weighted by Gasteiger charge is -2.13. The van der Waals surface area contributed by atoms with Crippen LogP contribution in [0.25, 0.3) is 10.9 Å². The second-order valence-corrected chi connectivity index (χ2v) is 6.52. The van der Waals surface area contributed by atoms with Crippen molar-refractivity contribution in [3.05, 3.63) is 95.9 Å². The first-order valence-electron chi connectivity index (χ1n) is 9.16. The van der Waals surface area contributed by atoms with E-state index in [0.717, 1.165) is 17.5 Å². The minimum atomic E-state index is -0.364. The third kappa shape index (κ3) is 3.74. The Morgan fingerprint density at radius 2 is 1.61 bits per heavy atom. The molecule has 1 aromatic heterocycles. The van der Waals surface area contributed by atoms with Crippen molar-refractivity contribution in [2.45, 2.75) is 6.42 Å². The van der Waals surface area contributed by atoms with Gasteiger partial charge in [-0.3, -0.25) is 4.79 Å². The van der Waals surface area contributed by atoms with Crippen molar-refractivity contribution in [1.82, 2.24) is 10.3 Å². The number of aromatic nitrogens is 1. The van der Waals surface area contributed by atoms with Crippen molar-refractivity contribution in [2.75, 3.05) is 11.9 Å². The molecule has 1 heterocycles. The fraction of sp³-hybridized carbons (Fsp3) is 0.0870. The van der Waals surface area contributed by atoms with Crippen LogP contribution in [0.3, 0.4) is 0 Å². The second kappa shape index (κ2) is 7.96. The summed E-state index contributed by atoms with van der Waals surface area (Å²) in [4.78, 5) is 15.9. The lowest BCUT2D eigenvalue weighted by molar-refractivity contribution is 0.0955. The number of nitrogens with one attached hydrogen (secondary N) is 3. The van der Waals surface area contributed by atoms with E-state index in [1.807, 2.05) is 30.5 Å². The van der Waals surface area contributed by atoms with Crippen LogP contribution in [-0.2, 0) is 6.42 Å². The number of carbonyl (C=O) groups excluding carboxylic acids is 1. The van der Waals surface area contributed by atoms with Crippen LogP contribution in [0.2, 0.25) is 0 Å². The number of carbonyl (C=O) groups is 1. The van der Waals surface area contributed by atoms with Gasteiger partial charge in [0, 0.05) is 23.6 Å². The largest absolute Gasteiger partial charge is 0.361 e. The molecule has 0 aliphatic carbocycles. The number of benzene rings is 3.